The fourth-order valence-electron chi connectivity index (χ4n) is 3.93. The van der Waals surface area contributed by atoms with Crippen LogP contribution < -0.4 is 5.73 Å². The highest BCUT2D eigenvalue weighted by atomic mass is 16.2. The molecule has 2 aliphatic rings. The maximum absolute atomic E-state index is 12.4. The van der Waals surface area contributed by atoms with Crippen molar-refractivity contribution in [3.8, 4) is 0 Å². The molecule has 0 spiro atoms. The Morgan fingerprint density at radius 2 is 1.90 bits per heavy atom. The van der Waals surface area contributed by atoms with Gasteiger partial charge in [-0.15, -0.1) is 0 Å². The van der Waals surface area contributed by atoms with E-state index in [0.717, 1.165) is 44.9 Å². The van der Waals surface area contributed by atoms with Crippen molar-refractivity contribution in [1.29, 1.82) is 0 Å². The van der Waals surface area contributed by atoms with Crippen molar-refractivity contribution in [2.75, 3.05) is 32.7 Å². The fourth-order valence-corrected chi connectivity index (χ4v) is 3.93. The Kier molecular flexibility index (Phi) is 5.85. The van der Waals surface area contributed by atoms with Crippen molar-refractivity contribution >= 4 is 5.91 Å². The Morgan fingerprint density at radius 1 is 1.20 bits per heavy atom. The van der Waals surface area contributed by atoms with Gasteiger partial charge < -0.3 is 10.6 Å². The van der Waals surface area contributed by atoms with Crippen LogP contribution in [0.4, 0.5) is 0 Å². The van der Waals surface area contributed by atoms with E-state index in [0.29, 0.717) is 24.4 Å². The number of hydrogen-bond donors (Lipinski definition) is 1. The molecule has 1 amide bonds. The van der Waals surface area contributed by atoms with E-state index in [1.807, 2.05) is 4.90 Å². The Morgan fingerprint density at radius 3 is 2.50 bits per heavy atom. The zero-order valence-corrected chi connectivity index (χ0v) is 13.2. The van der Waals surface area contributed by atoms with Crippen molar-refractivity contribution in [3.63, 3.8) is 0 Å². The lowest BCUT2D eigenvalue weighted by atomic mass is 9.78. The van der Waals surface area contributed by atoms with Gasteiger partial charge in [0, 0.05) is 32.2 Å². The molecular formula is C16H31N3O. The molecule has 1 aliphatic heterocycles. The van der Waals surface area contributed by atoms with E-state index in [4.69, 9.17) is 5.73 Å². The van der Waals surface area contributed by atoms with Gasteiger partial charge in [-0.2, -0.15) is 0 Å². The quantitative estimate of drug-likeness (QED) is 0.806. The van der Waals surface area contributed by atoms with Crippen molar-refractivity contribution in [2.24, 2.45) is 17.6 Å². The van der Waals surface area contributed by atoms with E-state index < -0.39 is 0 Å². The van der Waals surface area contributed by atoms with E-state index in [-0.39, 0.29) is 0 Å². The van der Waals surface area contributed by atoms with Gasteiger partial charge in [0.05, 0.1) is 6.54 Å². The van der Waals surface area contributed by atoms with Crippen molar-refractivity contribution in [1.82, 2.24) is 9.80 Å². The number of nitrogens with zero attached hydrogens (tertiary/aromatic N) is 2. The summed E-state index contributed by atoms with van der Waals surface area (Å²) in [5.74, 6) is 1.67. The second-order valence-electron chi connectivity index (χ2n) is 6.59. The molecule has 4 heteroatoms. The number of nitrogens with two attached hydrogens (primary N) is 1. The van der Waals surface area contributed by atoms with Crippen LogP contribution in [0.5, 0.6) is 0 Å². The van der Waals surface area contributed by atoms with E-state index in [2.05, 4.69) is 18.7 Å². The Hall–Kier alpha value is -0.610. The van der Waals surface area contributed by atoms with Gasteiger partial charge >= 0.3 is 0 Å². The van der Waals surface area contributed by atoms with Gasteiger partial charge in [0.2, 0.25) is 5.91 Å². The number of carbonyl (C=O) groups is 1. The number of carbonyl (C=O) groups excluding carboxylic acids is 1. The molecule has 4 nitrogen and oxygen atoms in total. The standard InChI is InChI=1S/C16H31N3O/c1-3-8-19(9-4-2)16(20)12-18-10-13-6-5-7-15(17)14(13)11-18/h13-15H,3-12,17H2,1-2H3. The van der Waals surface area contributed by atoms with Crippen LogP contribution in [-0.2, 0) is 4.79 Å². The molecule has 1 aliphatic carbocycles. The highest BCUT2D eigenvalue weighted by Crippen LogP contribution is 2.35. The largest absolute Gasteiger partial charge is 0.342 e. The second kappa shape index (κ2) is 7.41. The van der Waals surface area contributed by atoms with E-state index in [1.165, 1.54) is 19.3 Å². The van der Waals surface area contributed by atoms with Gasteiger partial charge in [-0.25, -0.2) is 0 Å². The first-order valence-corrected chi connectivity index (χ1v) is 8.41. The summed E-state index contributed by atoms with van der Waals surface area (Å²) in [7, 11) is 0. The number of amides is 1. The summed E-state index contributed by atoms with van der Waals surface area (Å²) in [6.07, 6.45) is 5.82. The average molecular weight is 281 g/mol. The minimum absolute atomic E-state index is 0.306. The van der Waals surface area contributed by atoms with Crippen molar-refractivity contribution < 1.29 is 4.79 Å². The third-order valence-electron chi connectivity index (χ3n) is 4.93. The number of rotatable bonds is 6. The first-order valence-electron chi connectivity index (χ1n) is 8.41. The third-order valence-corrected chi connectivity index (χ3v) is 4.93. The highest BCUT2D eigenvalue weighted by molar-refractivity contribution is 5.78. The van der Waals surface area contributed by atoms with Crippen LogP contribution in [0.1, 0.15) is 46.0 Å². The molecule has 3 unspecified atom stereocenters. The van der Waals surface area contributed by atoms with Gasteiger partial charge in [-0.3, -0.25) is 9.69 Å². The molecule has 1 saturated heterocycles. The van der Waals surface area contributed by atoms with Crippen molar-refractivity contribution in [2.45, 2.75) is 52.0 Å². The molecule has 0 radical (unpaired) electrons. The third kappa shape index (κ3) is 3.73. The van der Waals surface area contributed by atoms with Crippen molar-refractivity contribution in [3.05, 3.63) is 0 Å². The van der Waals surface area contributed by atoms with Crippen LogP contribution in [0.15, 0.2) is 0 Å². The lowest BCUT2D eigenvalue weighted by molar-refractivity contribution is -0.132. The van der Waals surface area contributed by atoms with Crippen LogP contribution in [0.3, 0.4) is 0 Å². The van der Waals surface area contributed by atoms with Crippen LogP contribution in [0.2, 0.25) is 0 Å². The molecule has 0 aromatic carbocycles. The van der Waals surface area contributed by atoms with Gasteiger partial charge in [0.1, 0.15) is 0 Å². The maximum Gasteiger partial charge on any atom is 0.236 e. The SMILES string of the molecule is CCCN(CCC)C(=O)CN1CC2CCCC(N)C2C1. The van der Waals surface area contributed by atoms with Crippen LogP contribution >= 0.6 is 0 Å². The number of hydrogen-bond acceptors (Lipinski definition) is 3. The summed E-state index contributed by atoms with van der Waals surface area (Å²) < 4.78 is 0. The first-order chi connectivity index (χ1) is 9.65. The average Bonchev–Trinajstić information content (AvgIpc) is 2.82. The van der Waals surface area contributed by atoms with Gasteiger partial charge in [0.25, 0.3) is 0 Å². The van der Waals surface area contributed by atoms with E-state index in [1.54, 1.807) is 0 Å². The Bertz CT molecular complexity index is 315. The van der Waals surface area contributed by atoms with Gasteiger partial charge in [-0.1, -0.05) is 20.3 Å². The molecule has 0 aromatic rings. The molecule has 20 heavy (non-hydrogen) atoms. The van der Waals surface area contributed by atoms with Gasteiger partial charge in [-0.05, 0) is 37.5 Å². The topological polar surface area (TPSA) is 49.6 Å². The zero-order chi connectivity index (χ0) is 14.5. The maximum atomic E-state index is 12.4. The minimum Gasteiger partial charge on any atom is -0.342 e. The summed E-state index contributed by atoms with van der Waals surface area (Å²) in [6.45, 7) is 8.78. The molecular weight excluding hydrogens is 250 g/mol. The normalized spacial score (nSPS) is 30.2. The predicted octanol–water partition coefficient (Wildman–Crippen LogP) is 1.69. The first kappa shape index (κ1) is 15.8. The lowest BCUT2D eigenvalue weighted by Crippen LogP contribution is -2.41. The molecule has 1 saturated carbocycles. The molecule has 2 rings (SSSR count). The number of likely N-dealkylation sites (tertiary alicyclic amines) is 1. The summed E-state index contributed by atoms with van der Waals surface area (Å²) in [6, 6.07) is 0.358. The fraction of sp³-hybridized carbons (Fsp3) is 0.938. The Balaban J connectivity index is 1.85. The predicted molar refractivity (Wildman–Crippen MR) is 82.4 cm³/mol. The van der Waals surface area contributed by atoms with Gasteiger partial charge in [0.15, 0.2) is 0 Å². The summed E-state index contributed by atoms with van der Waals surface area (Å²) in [5, 5.41) is 0. The molecule has 2 N–H and O–H groups in total. The molecule has 0 bridgehead atoms. The monoisotopic (exact) mass is 281 g/mol. The smallest absolute Gasteiger partial charge is 0.236 e. The lowest BCUT2D eigenvalue weighted by Gasteiger charge is -2.29. The van der Waals surface area contributed by atoms with Crippen LogP contribution in [-0.4, -0.2) is 54.5 Å². The zero-order valence-electron chi connectivity index (χ0n) is 13.2. The van der Waals surface area contributed by atoms with Crippen LogP contribution in [0, 0.1) is 11.8 Å². The highest BCUT2D eigenvalue weighted by Gasteiger charge is 2.39. The minimum atomic E-state index is 0.306. The second-order valence-corrected chi connectivity index (χ2v) is 6.59. The molecule has 116 valence electrons. The molecule has 3 atom stereocenters. The van der Waals surface area contributed by atoms with Crippen LogP contribution in [0.25, 0.3) is 0 Å². The summed E-state index contributed by atoms with van der Waals surface area (Å²) >= 11 is 0. The summed E-state index contributed by atoms with van der Waals surface area (Å²) in [5.41, 5.74) is 6.25. The molecule has 1 heterocycles. The van der Waals surface area contributed by atoms with E-state index in [9.17, 15) is 4.79 Å². The molecule has 2 fully saturated rings. The number of fused-ring (bicyclic) bond motifs is 1. The van der Waals surface area contributed by atoms with E-state index >= 15 is 0 Å². The molecule has 0 aromatic heterocycles. The summed E-state index contributed by atoms with van der Waals surface area (Å²) in [4.78, 5) is 16.8. The Labute approximate surface area is 123 Å².